The predicted octanol–water partition coefficient (Wildman–Crippen LogP) is 7.71. The first kappa shape index (κ1) is 27.1. The Kier molecular flexibility index (Phi) is 7.13. The van der Waals surface area contributed by atoms with Crippen LogP contribution >= 0.6 is 0 Å². The van der Waals surface area contributed by atoms with Gasteiger partial charge in [-0.05, 0) is 68.0 Å². The van der Waals surface area contributed by atoms with Crippen molar-refractivity contribution in [1.82, 2.24) is 14.8 Å². The maximum atomic E-state index is 15.3. The molecule has 4 heterocycles. The number of pyridine rings is 1. The van der Waals surface area contributed by atoms with Crippen LogP contribution in [-0.2, 0) is 6.54 Å². The Morgan fingerprint density at radius 2 is 1.87 bits per heavy atom. The largest absolute Gasteiger partial charge is 0.325 e. The van der Waals surface area contributed by atoms with Crippen molar-refractivity contribution in [1.29, 1.82) is 0 Å². The highest BCUT2D eigenvalue weighted by Crippen LogP contribution is 2.50. The van der Waals surface area contributed by atoms with Crippen molar-refractivity contribution in [2.45, 2.75) is 59.9 Å². The lowest BCUT2D eigenvalue weighted by Gasteiger charge is -2.47. The van der Waals surface area contributed by atoms with Crippen LogP contribution in [0.2, 0.25) is 0 Å². The number of hydrogen-bond donors (Lipinski definition) is 0. The molecule has 0 aliphatic carbocycles. The van der Waals surface area contributed by atoms with E-state index in [4.69, 9.17) is 0 Å². The van der Waals surface area contributed by atoms with Crippen LogP contribution in [0.4, 0.5) is 8.78 Å². The summed E-state index contributed by atoms with van der Waals surface area (Å²) in [6.45, 7) is 15.1. The molecule has 1 aromatic heterocycles. The summed E-state index contributed by atoms with van der Waals surface area (Å²) in [6, 6.07) is 8.02. The maximum absolute atomic E-state index is 15.3. The highest BCUT2D eigenvalue weighted by molar-refractivity contribution is 5.65. The average molecular weight is 530 g/mol. The SMILES string of the molecule is C=C=C1CC2=C(N3CC(C)(C)CCC=C3N1CC)[N+](C)(Cc1ccc(F)cc1F)C(c1ccncc1)=C(C)C2. The smallest absolute Gasteiger partial charge is 0.214 e. The summed E-state index contributed by atoms with van der Waals surface area (Å²) >= 11 is 0. The monoisotopic (exact) mass is 529 g/mol. The second kappa shape index (κ2) is 10.3. The van der Waals surface area contributed by atoms with Crippen LogP contribution in [0, 0.1) is 17.0 Å². The minimum absolute atomic E-state index is 0.0666. The molecule has 1 atom stereocenters. The third-order valence-electron chi connectivity index (χ3n) is 8.39. The van der Waals surface area contributed by atoms with Crippen molar-refractivity contribution < 1.29 is 13.3 Å². The molecule has 2 aromatic rings. The van der Waals surface area contributed by atoms with E-state index in [1.807, 2.05) is 24.5 Å². The normalized spacial score (nSPS) is 23.1. The van der Waals surface area contributed by atoms with Gasteiger partial charge in [0.1, 0.15) is 29.7 Å². The summed E-state index contributed by atoms with van der Waals surface area (Å²) in [6.07, 6.45) is 9.56. The summed E-state index contributed by atoms with van der Waals surface area (Å²) < 4.78 is 29.6. The standard InChI is InChI=1S/C33H39F2N4/c1-7-28-19-26-18-23(3)31(24-13-16-36-17-14-24)39(6,21-25-11-12-27(34)20-29(25)35)32(26)38-22-33(4,5)15-9-10-30(38)37(28)8-2/h10-14,16-17,20H,1,8-9,15,18-19,21-22H2,2-6H3/q+1. The van der Waals surface area contributed by atoms with Crippen molar-refractivity contribution in [3.63, 3.8) is 0 Å². The molecule has 6 heteroatoms. The lowest BCUT2D eigenvalue weighted by atomic mass is 9.87. The van der Waals surface area contributed by atoms with Crippen molar-refractivity contribution in [2.24, 2.45) is 5.41 Å². The van der Waals surface area contributed by atoms with Gasteiger partial charge in [-0.3, -0.25) is 9.88 Å². The van der Waals surface area contributed by atoms with Crippen LogP contribution in [0.3, 0.4) is 0 Å². The van der Waals surface area contributed by atoms with E-state index < -0.39 is 11.6 Å². The molecule has 3 aliphatic heterocycles. The molecule has 5 rings (SSSR count). The topological polar surface area (TPSA) is 19.4 Å². The quantitative estimate of drug-likeness (QED) is 0.299. The molecule has 0 amide bonds. The van der Waals surface area contributed by atoms with E-state index in [0.29, 0.717) is 16.6 Å². The van der Waals surface area contributed by atoms with Gasteiger partial charge < -0.3 is 4.90 Å². The van der Waals surface area contributed by atoms with Crippen LogP contribution < -0.4 is 0 Å². The van der Waals surface area contributed by atoms with Gasteiger partial charge in [0.2, 0.25) is 5.82 Å². The zero-order chi connectivity index (χ0) is 27.9. The van der Waals surface area contributed by atoms with Crippen molar-refractivity contribution in [3.8, 4) is 0 Å². The van der Waals surface area contributed by atoms with E-state index in [-0.39, 0.29) is 5.41 Å². The minimum atomic E-state index is -0.563. The van der Waals surface area contributed by atoms with Crippen LogP contribution in [0.5, 0.6) is 0 Å². The first-order valence-corrected chi connectivity index (χ1v) is 13.8. The van der Waals surface area contributed by atoms with E-state index in [1.54, 1.807) is 6.07 Å². The number of hydrogen-bond acceptors (Lipinski definition) is 3. The van der Waals surface area contributed by atoms with Gasteiger partial charge in [0.05, 0.1) is 12.7 Å². The van der Waals surface area contributed by atoms with Crippen LogP contribution in [0.25, 0.3) is 5.70 Å². The lowest BCUT2D eigenvalue weighted by molar-refractivity contribution is -0.825. The van der Waals surface area contributed by atoms with Crippen molar-refractivity contribution in [3.05, 3.63) is 112 Å². The Hall–Kier alpha value is -3.47. The zero-order valence-corrected chi connectivity index (χ0v) is 23.8. The molecule has 0 bridgehead atoms. The third kappa shape index (κ3) is 4.88. The predicted molar refractivity (Wildman–Crippen MR) is 152 cm³/mol. The van der Waals surface area contributed by atoms with Gasteiger partial charge in [-0.2, -0.15) is 0 Å². The fourth-order valence-corrected chi connectivity index (χ4v) is 6.82. The molecule has 0 radical (unpaired) electrons. The van der Waals surface area contributed by atoms with Gasteiger partial charge in [-0.15, -0.1) is 5.73 Å². The molecule has 0 saturated heterocycles. The summed E-state index contributed by atoms with van der Waals surface area (Å²) in [5, 5.41) is 0. The number of halogens is 2. The van der Waals surface area contributed by atoms with E-state index >= 15 is 4.39 Å². The van der Waals surface area contributed by atoms with E-state index in [9.17, 15) is 4.39 Å². The summed E-state index contributed by atoms with van der Waals surface area (Å²) in [4.78, 5) is 9.10. The van der Waals surface area contributed by atoms with E-state index in [0.717, 1.165) is 67.6 Å². The Balaban J connectivity index is 1.80. The number of nitrogens with zero attached hydrogens (tertiary/aromatic N) is 4. The highest BCUT2D eigenvalue weighted by Gasteiger charge is 2.48. The molecular weight excluding hydrogens is 490 g/mol. The third-order valence-corrected chi connectivity index (χ3v) is 8.39. The summed E-state index contributed by atoms with van der Waals surface area (Å²) in [5.74, 6) is 1.24. The molecular formula is C33H39F2N4+. The number of benzene rings is 1. The van der Waals surface area contributed by atoms with Gasteiger partial charge in [-0.1, -0.05) is 20.4 Å². The molecule has 3 aliphatic rings. The second-order valence-electron chi connectivity index (χ2n) is 11.9. The molecule has 1 aromatic carbocycles. The molecule has 0 saturated carbocycles. The Morgan fingerprint density at radius 3 is 2.54 bits per heavy atom. The average Bonchev–Trinajstić information content (AvgIpc) is 3.11. The van der Waals surface area contributed by atoms with Gasteiger partial charge in [0, 0.05) is 61.1 Å². The molecule has 0 spiro atoms. The van der Waals surface area contributed by atoms with Crippen molar-refractivity contribution in [2.75, 3.05) is 20.1 Å². The molecule has 4 nitrogen and oxygen atoms in total. The minimum Gasteiger partial charge on any atom is -0.325 e. The van der Waals surface area contributed by atoms with Crippen molar-refractivity contribution >= 4 is 5.70 Å². The number of quaternary nitrogens is 1. The summed E-state index contributed by atoms with van der Waals surface area (Å²) in [5.41, 5.74) is 9.61. The molecule has 204 valence electrons. The molecule has 1 unspecified atom stereocenters. The Bertz CT molecular complexity index is 1430. The zero-order valence-electron chi connectivity index (χ0n) is 23.8. The van der Waals surface area contributed by atoms with Gasteiger partial charge in [0.25, 0.3) is 0 Å². The van der Waals surface area contributed by atoms with Crippen LogP contribution in [0.1, 0.15) is 64.5 Å². The van der Waals surface area contributed by atoms with Gasteiger partial charge >= 0.3 is 0 Å². The molecule has 0 fully saturated rings. The Morgan fingerprint density at radius 1 is 1.13 bits per heavy atom. The number of aromatic nitrogens is 1. The van der Waals surface area contributed by atoms with Gasteiger partial charge in [-0.25, -0.2) is 13.3 Å². The van der Waals surface area contributed by atoms with E-state index in [2.05, 4.69) is 67.9 Å². The Labute approximate surface area is 231 Å². The van der Waals surface area contributed by atoms with Gasteiger partial charge in [0.15, 0.2) is 0 Å². The molecule has 39 heavy (non-hydrogen) atoms. The second-order valence-corrected chi connectivity index (χ2v) is 11.9. The first-order valence-electron chi connectivity index (χ1n) is 13.8. The van der Waals surface area contributed by atoms with Crippen LogP contribution in [-0.4, -0.2) is 39.4 Å². The highest BCUT2D eigenvalue weighted by atomic mass is 19.1. The fraction of sp³-hybridized carbons (Fsp3) is 0.394. The number of fused-ring (bicyclic) bond motifs is 2. The van der Waals surface area contributed by atoms with Crippen LogP contribution in [0.15, 0.2) is 89.6 Å². The number of allylic oxidation sites excluding steroid dienone is 3. The summed E-state index contributed by atoms with van der Waals surface area (Å²) in [7, 11) is 2.19. The number of rotatable bonds is 4. The lowest BCUT2D eigenvalue weighted by Crippen LogP contribution is -2.51. The fourth-order valence-electron chi connectivity index (χ4n) is 6.82. The molecule has 0 N–H and O–H groups in total. The van der Waals surface area contributed by atoms with E-state index in [1.165, 1.54) is 23.0 Å². The first-order chi connectivity index (χ1) is 18.6. The maximum Gasteiger partial charge on any atom is 0.214 e.